The Balaban J connectivity index is 3.08. The average molecular weight is 236 g/mol. The third-order valence-corrected chi connectivity index (χ3v) is 2.83. The number of rotatable bonds is 10. The van der Waals surface area contributed by atoms with E-state index in [9.17, 15) is 4.79 Å². The van der Waals surface area contributed by atoms with Gasteiger partial charge in [-0.2, -0.15) is 11.8 Å². The van der Waals surface area contributed by atoms with Crippen molar-refractivity contribution in [2.45, 2.75) is 18.9 Å². The molecule has 15 heavy (non-hydrogen) atoms. The van der Waals surface area contributed by atoms with Gasteiger partial charge in [0.1, 0.15) is 6.04 Å². The Kier molecular flexibility index (Phi) is 10.0. The first-order valence-electron chi connectivity index (χ1n) is 5.02. The van der Waals surface area contributed by atoms with E-state index in [1.807, 2.05) is 0 Å². The number of thioether (sulfide) groups is 1. The van der Waals surface area contributed by atoms with Crippen molar-refractivity contribution < 1.29 is 14.6 Å². The van der Waals surface area contributed by atoms with Crippen LogP contribution < -0.4 is 11.5 Å². The standard InChI is InChI=1S/C9H20N2O3S/c10-3-5-14-4-1-6-15-7-2-8(11)9(12)13/h8H,1-7,10-11H2,(H,12,13)/t8-/m0/s1. The van der Waals surface area contributed by atoms with Crippen LogP contribution in [0, 0.1) is 0 Å². The van der Waals surface area contributed by atoms with Gasteiger partial charge >= 0.3 is 5.97 Å². The topological polar surface area (TPSA) is 98.6 Å². The monoisotopic (exact) mass is 236 g/mol. The van der Waals surface area contributed by atoms with E-state index in [1.54, 1.807) is 11.8 Å². The average Bonchev–Trinajstić information content (AvgIpc) is 2.21. The molecule has 90 valence electrons. The molecule has 0 aliphatic rings. The molecule has 0 fully saturated rings. The third-order valence-electron chi connectivity index (χ3n) is 1.73. The number of carboxylic acids is 1. The highest BCUT2D eigenvalue weighted by Gasteiger charge is 2.09. The van der Waals surface area contributed by atoms with Crippen LogP contribution in [0.2, 0.25) is 0 Å². The maximum atomic E-state index is 10.4. The minimum atomic E-state index is -0.929. The van der Waals surface area contributed by atoms with Crippen molar-refractivity contribution in [3.8, 4) is 0 Å². The third kappa shape index (κ3) is 9.99. The van der Waals surface area contributed by atoms with Gasteiger partial charge in [0.2, 0.25) is 0 Å². The van der Waals surface area contributed by atoms with Gasteiger partial charge < -0.3 is 21.3 Å². The minimum absolute atomic E-state index is 0.518. The van der Waals surface area contributed by atoms with Crippen molar-refractivity contribution in [1.29, 1.82) is 0 Å². The fourth-order valence-corrected chi connectivity index (χ4v) is 1.83. The number of carboxylic acid groups (broad SMARTS) is 1. The van der Waals surface area contributed by atoms with Crippen LogP contribution in [0.1, 0.15) is 12.8 Å². The SMILES string of the molecule is NCCOCCCSCC[C@H](N)C(=O)O. The number of ether oxygens (including phenoxy) is 1. The molecule has 0 heterocycles. The highest BCUT2D eigenvalue weighted by molar-refractivity contribution is 7.99. The first-order valence-corrected chi connectivity index (χ1v) is 6.18. The van der Waals surface area contributed by atoms with E-state index in [0.29, 0.717) is 19.6 Å². The lowest BCUT2D eigenvalue weighted by atomic mass is 10.2. The van der Waals surface area contributed by atoms with Gasteiger partial charge in [-0.25, -0.2) is 0 Å². The Bertz CT molecular complexity index is 169. The Hall–Kier alpha value is -0.300. The smallest absolute Gasteiger partial charge is 0.320 e. The largest absolute Gasteiger partial charge is 0.480 e. The molecule has 0 spiro atoms. The molecular formula is C9H20N2O3S. The number of hydrogen-bond donors (Lipinski definition) is 3. The van der Waals surface area contributed by atoms with Gasteiger partial charge in [-0.05, 0) is 24.3 Å². The van der Waals surface area contributed by atoms with Gasteiger partial charge in [-0.3, -0.25) is 4.79 Å². The molecule has 0 aliphatic carbocycles. The fourth-order valence-electron chi connectivity index (χ4n) is 0.884. The predicted molar refractivity (Wildman–Crippen MR) is 62.0 cm³/mol. The van der Waals surface area contributed by atoms with Crippen LogP contribution in [0.4, 0.5) is 0 Å². The summed E-state index contributed by atoms with van der Waals surface area (Å²) in [5.41, 5.74) is 10.6. The van der Waals surface area contributed by atoms with Crippen molar-refractivity contribution in [1.82, 2.24) is 0 Å². The molecule has 5 N–H and O–H groups in total. The Morgan fingerprint density at radius 3 is 2.73 bits per heavy atom. The molecule has 0 aromatic carbocycles. The fraction of sp³-hybridized carbons (Fsp3) is 0.889. The Morgan fingerprint density at radius 2 is 2.13 bits per heavy atom. The number of hydrogen-bond acceptors (Lipinski definition) is 5. The molecule has 0 saturated carbocycles. The molecule has 0 unspecified atom stereocenters. The lowest BCUT2D eigenvalue weighted by Crippen LogP contribution is -2.30. The van der Waals surface area contributed by atoms with Gasteiger partial charge in [0.25, 0.3) is 0 Å². The van der Waals surface area contributed by atoms with Gasteiger partial charge in [0, 0.05) is 13.2 Å². The van der Waals surface area contributed by atoms with Crippen molar-refractivity contribution in [2.75, 3.05) is 31.3 Å². The van der Waals surface area contributed by atoms with Crippen LogP contribution in [0.15, 0.2) is 0 Å². The van der Waals surface area contributed by atoms with Crippen LogP contribution >= 0.6 is 11.8 Å². The second-order valence-corrected chi connectivity index (χ2v) is 4.33. The quantitative estimate of drug-likeness (QED) is 0.458. The molecule has 0 rings (SSSR count). The lowest BCUT2D eigenvalue weighted by Gasteiger charge is -2.05. The lowest BCUT2D eigenvalue weighted by molar-refractivity contribution is -0.138. The molecule has 0 saturated heterocycles. The summed E-state index contributed by atoms with van der Waals surface area (Å²) < 4.78 is 5.19. The molecule has 1 atom stereocenters. The van der Waals surface area contributed by atoms with E-state index in [1.165, 1.54) is 0 Å². The summed E-state index contributed by atoms with van der Waals surface area (Å²) in [6.07, 6.45) is 1.48. The number of aliphatic carboxylic acids is 1. The summed E-state index contributed by atoms with van der Waals surface area (Å²) in [6, 6.07) is -0.731. The van der Waals surface area contributed by atoms with Crippen molar-refractivity contribution in [2.24, 2.45) is 11.5 Å². The molecular weight excluding hydrogens is 216 g/mol. The van der Waals surface area contributed by atoms with E-state index in [0.717, 1.165) is 24.5 Å². The molecule has 5 nitrogen and oxygen atoms in total. The van der Waals surface area contributed by atoms with Crippen LogP contribution in [-0.2, 0) is 9.53 Å². The van der Waals surface area contributed by atoms with Gasteiger partial charge in [0.15, 0.2) is 0 Å². The van der Waals surface area contributed by atoms with Crippen molar-refractivity contribution in [3.63, 3.8) is 0 Å². The Labute approximate surface area is 94.5 Å². The van der Waals surface area contributed by atoms with E-state index in [-0.39, 0.29) is 0 Å². The van der Waals surface area contributed by atoms with Gasteiger partial charge in [-0.15, -0.1) is 0 Å². The van der Waals surface area contributed by atoms with E-state index < -0.39 is 12.0 Å². The summed E-state index contributed by atoms with van der Waals surface area (Å²) in [5, 5.41) is 8.52. The summed E-state index contributed by atoms with van der Waals surface area (Å²) in [5.74, 6) is 0.822. The van der Waals surface area contributed by atoms with E-state index >= 15 is 0 Å². The Morgan fingerprint density at radius 1 is 1.40 bits per heavy atom. The summed E-state index contributed by atoms with van der Waals surface area (Å²) in [6.45, 7) is 1.88. The van der Waals surface area contributed by atoms with Crippen LogP contribution in [-0.4, -0.2) is 48.4 Å². The summed E-state index contributed by atoms with van der Waals surface area (Å²) in [7, 11) is 0. The normalized spacial score (nSPS) is 12.7. The zero-order valence-corrected chi connectivity index (χ0v) is 9.67. The highest BCUT2D eigenvalue weighted by Crippen LogP contribution is 2.06. The number of nitrogens with two attached hydrogens (primary N) is 2. The maximum Gasteiger partial charge on any atom is 0.320 e. The van der Waals surface area contributed by atoms with E-state index in [2.05, 4.69) is 0 Å². The van der Waals surface area contributed by atoms with Crippen LogP contribution in [0.3, 0.4) is 0 Å². The minimum Gasteiger partial charge on any atom is -0.480 e. The zero-order chi connectivity index (χ0) is 11.5. The van der Waals surface area contributed by atoms with Crippen LogP contribution in [0.25, 0.3) is 0 Å². The first kappa shape index (κ1) is 14.7. The molecule has 0 radical (unpaired) electrons. The summed E-state index contributed by atoms with van der Waals surface area (Å²) in [4.78, 5) is 10.4. The molecule has 6 heteroatoms. The zero-order valence-electron chi connectivity index (χ0n) is 8.85. The number of carbonyl (C=O) groups is 1. The molecule has 0 bridgehead atoms. The maximum absolute atomic E-state index is 10.4. The second kappa shape index (κ2) is 10.2. The van der Waals surface area contributed by atoms with Crippen molar-refractivity contribution >= 4 is 17.7 Å². The molecule has 0 aromatic rings. The molecule has 0 aromatic heterocycles. The molecule has 0 aliphatic heterocycles. The molecule has 0 amide bonds. The van der Waals surface area contributed by atoms with E-state index in [4.69, 9.17) is 21.3 Å². The van der Waals surface area contributed by atoms with Crippen LogP contribution in [0.5, 0.6) is 0 Å². The second-order valence-electron chi connectivity index (χ2n) is 3.10. The summed E-state index contributed by atoms with van der Waals surface area (Å²) >= 11 is 1.70. The highest BCUT2D eigenvalue weighted by atomic mass is 32.2. The predicted octanol–water partition coefficient (Wildman–Crippen LogP) is -0.113. The first-order chi connectivity index (χ1) is 7.18. The van der Waals surface area contributed by atoms with Crippen molar-refractivity contribution in [3.05, 3.63) is 0 Å². The van der Waals surface area contributed by atoms with Gasteiger partial charge in [0.05, 0.1) is 6.61 Å². The van der Waals surface area contributed by atoms with Gasteiger partial charge in [-0.1, -0.05) is 0 Å².